The smallest absolute Gasteiger partial charge is 0.246 e. The summed E-state index contributed by atoms with van der Waals surface area (Å²) in [4.78, 5) is 38.7. The van der Waals surface area contributed by atoms with E-state index >= 15 is 0 Å². The van der Waals surface area contributed by atoms with Gasteiger partial charge in [0.25, 0.3) is 0 Å². The van der Waals surface area contributed by atoms with E-state index < -0.39 is 17.9 Å². The maximum Gasteiger partial charge on any atom is 0.246 e. The van der Waals surface area contributed by atoms with E-state index in [9.17, 15) is 14.4 Å². The summed E-state index contributed by atoms with van der Waals surface area (Å²) in [6.07, 6.45) is 0.109. The fourth-order valence-electron chi connectivity index (χ4n) is 2.97. The summed E-state index contributed by atoms with van der Waals surface area (Å²) < 4.78 is 0. The van der Waals surface area contributed by atoms with Crippen LogP contribution in [0, 0.1) is 5.92 Å². The normalized spacial score (nSPS) is 17.3. The van der Waals surface area contributed by atoms with Crippen LogP contribution in [-0.4, -0.2) is 30.3 Å². The number of hydrogen-bond donors (Lipinski definition) is 2. The van der Waals surface area contributed by atoms with Crippen molar-refractivity contribution < 1.29 is 14.4 Å². The average Bonchev–Trinajstić information content (AvgIpc) is 3.06. The Labute approximate surface area is 172 Å². The molecule has 0 aliphatic carbocycles. The molecule has 1 unspecified atom stereocenters. The molecule has 3 amide bonds. The molecule has 1 heterocycles. The van der Waals surface area contributed by atoms with Crippen LogP contribution in [0.2, 0.25) is 10.0 Å². The fraction of sp³-hybridized carbons (Fsp3) is 0.250. The van der Waals surface area contributed by atoms with Crippen LogP contribution in [0.3, 0.4) is 0 Å². The van der Waals surface area contributed by atoms with Crippen molar-refractivity contribution in [3.63, 3.8) is 0 Å². The Morgan fingerprint density at radius 3 is 2.54 bits per heavy atom. The van der Waals surface area contributed by atoms with Crippen molar-refractivity contribution in [2.75, 3.05) is 16.8 Å². The second-order valence-electron chi connectivity index (χ2n) is 6.58. The first-order valence-electron chi connectivity index (χ1n) is 8.77. The van der Waals surface area contributed by atoms with Crippen LogP contribution >= 0.6 is 23.2 Å². The van der Waals surface area contributed by atoms with Gasteiger partial charge in [-0.3, -0.25) is 14.4 Å². The van der Waals surface area contributed by atoms with Crippen LogP contribution in [0.25, 0.3) is 0 Å². The van der Waals surface area contributed by atoms with Gasteiger partial charge in [-0.1, -0.05) is 41.4 Å². The number of anilines is 2. The van der Waals surface area contributed by atoms with Gasteiger partial charge in [-0.25, -0.2) is 0 Å². The van der Waals surface area contributed by atoms with Crippen molar-refractivity contribution in [3.05, 3.63) is 58.6 Å². The number of hydrogen-bond acceptors (Lipinski definition) is 3. The summed E-state index contributed by atoms with van der Waals surface area (Å²) >= 11 is 11.9. The minimum atomic E-state index is -0.792. The number of nitrogens with zero attached hydrogens (tertiary/aromatic N) is 1. The molecule has 1 aliphatic rings. The number of nitrogens with one attached hydrogen (secondary N) is 2. The zero-order valence-electron chi connectivity index (χ0n) is 15.1. The summed E-state index contributed by atoms with van der Waals surface area (Å²) in [6, 6.07) is 13.1. The molecule has 3 rings (SSSR count). The quantitative estimate of drug-likeness (QED) is 0.778. The standard InChI is InChI=1S/C20H19Cl2N3O3/c1-12(19(27)24-17-8-7-14(21)10-16(17)22)23-20(28)13-9-18(26)25(11-13)15-5-3-2-4-6-15/h2-8,10,12-13H,9,11H2,1H3,(H,23,28)(H,24,27)/t12-,13?/m0/s1. The number of para-hydroxylation sites is 1. The number of carbonyl (C=O) groups is 3. The minimum absolute atomic E-state index is 0.109. The second kappa shape index (κ2) is 8.63. The molecule has 0 radical (unpaired) electrons. The zero-order valence-corrected chi connectivity index (χ0v) is 16.6. The maximum absolute atomic E-state index is 12.5. The number of amides is 3. The van der Waals surface area contributed by atoms with Crippen LogP contribution in [0.1, 0.15) is 13.3 Å². The molecule has 0 saturated carbocycles. The van der Waals surface area contributed by atoms with Crippen molar-refractivity contribution in [2.45, 2.75) is 19.4 Å². The molecule has 1 saturated heterocycles. The summed E-state index contributed by atoms with van der Waals surface area (Å²) in [6.45, 7) is 1.86. The molecule has 2 aromatic carbocycles. The predicted octanol–water partition coefficient (Wildman–Crippen LogP) is 3.49. The lowest BCUT2D eigenvalue weighted by Gasteiger charge is -2.18. The first-order chi connectivity index (χ1) is 13.3. The fourth-order valence-corrected chi connectivity index (χ4v) is 3.43. The van der Waals surface area contributed by atoms with Gasteiger partial charge in [0, 0.05) is 23.7 Å². The van der Waals surface area contributed by atoms with Crippen LogP contribution in [-0.2, 0) is 14.4 Å². The van der Waals surface area contributed by atoms with E-state index in [0.717, 1.165) is 5.69 Å². The molecule has 2 atom stereocenters. The Morgan fingerprint density at radius 2 is 1.86 bits per heavy atom. The van der Waals surface area contributed by atoms with Crippen molar-refractivity contribution in [1.29, 1.82) is 0 Å². The minimum Gasteiger partial charge on any atom is -0.344 e. The van der Waals surface area contributed by atoms with Crippen molar-refractivity contribution in [2.24, 2.45) is 5.92 Å². The van der Waals surface area contributed by atoms with E-state index in [4.69, 9.17) is 23.2 Å². The van der Waals surface area contributed by atoms with Gasteiger partial charge in [0.15, 0.2) is 0 Å². The number of benzene rings is 2. The molecule has 2 N–H and O–H groups in total. The Morgan fingerprint density at radius 1 is 1.14 bits per heavy atom. The maximum atomic E-state index is 12.5. The van der Waals surface area contributed by atoms with E-state index in [2.05, 4.69) is 10.6 Å². The topological polar surface area (TPSA) is 78.5 Å². The largest absolute Gasteiger partial charge is 0.344 e. The van der Waals surface area contributed by atoms with Crippen molar-refractivity contribution in [3.8, 4) is 0 Å². The molecule has 28 heavy (non-hydrogen) atoms. The average molecular weight is 420 g/mol. The van der Waals surface area contributed by atoms with Gasteiger partial charge in [-0.05, 0) is 37.3 Å². The lowest BCUT2D eigenvalue weighted by atomic mass is 10.1. The Kier molecular flexibility index (Phi) is 6.21. The van der Waals surface area contributed by atoms with Gasteiger partial charge in [0.2, 0.25) is 17.7 Å². The van der Waals surface area contributed by atoms with Crippen LogP contribution in [0.4, 0.5) is 11.4 Å². The van der Waals surface area contributed by atoms with Gasteiger partial charge >= 0.3 is 0 Å². The highest BCUT2D eigenvalue weighted by Gasteiger charge is 2.36. The highest BCUT2D eigenvalue weighted by molar-refractivity contribution is 6.36. The van der Waals surface area contributed by atoms with E-state index in [1.54, 1.807) is 24.0 Å². The first kappa shape index (κ1) is 20.2. The van der Waals surface area contributed by atoms with E-state index in [-0.39, 0.29) is 24.8 Å². The molecule has 1 fully saturated rings. The third-order valence-electron chi connectivity index (χ3n) is 4.50. The highest BCUT2D eigenvalue weighted by Crippen LogP contribution is 2.26. The number of carbonyl (C=O) groups excluding carboxylic acids is 3. The van der Waals surface area contributed by atoms with Crippen LogP contribution in [0.15, 0.2) is 48.5 Å². The van der Waals surface area contributed by atoms with E-state index in [0.29, 0.717) is 15.7 Å². The monoisotopic (exact) mass is 419 g/mol. The first-order valence-corrected chi connectivity index (χ1v) is 9.52. The van der Waals surface area contributed by atoms with E-state index in [1.807, 2.05) is 30.3 Å². The van der Waals surface area contributed by atoms with Gasteiger partial charge in [0.1, 0.15) is 6.04 Å². The molecule has 8 heteroatoms. The molecular weight excluding hydrogens is 401 g/mol. The molecule has 146 valence electrons. The molecule has 2 aromatic rings. The number of rotatable bonds is 5. The Balaban J connectivity index is 1.58. The summed E-state index contributed by atoms with van der Waals surface area (Å²) in [5.41, 5.74) is 1.16. The van der Waals surface area contributed by atoms with Gasteiger partial charge in [-0.15, -0.1) is 0 Å². The zero-order chi connectivity index (χ0) is 20.3. The molecule has 6 nitrogen and oxygen atoms in total. The van der Waals surface area contributed by atoms with E-state index in [1.165, 1.54) is 6.07 Å². The van der Waals surface area contributed by atoms with Gasteiger partial charge in [0.05, 0.1) is 16.6 Å². The molecule has 1 aliphatic heterocycles. The van der Waals surface area contributed by atoms with Crippen molar-refractivity contribution in [1.82, 2.24) is 5.32 Å². The van der Waals surface area contributed by atoms with Crippen molar-refractivity contribution >= 4 is 52.3 Å². The lowest BCUT2D eigenvalue weighted by Crippen LogP contribution is -2.44. The van der Waals surface area contributed by atoms with Gasteiger partial charge < -0.3 is 15.5 Å². The third kappa shape index (κ3) is 4.64. The molecule has 0 bridgehead atoms. The predicted molar refractivity (Wildman–Crippen MR) is 110 cm³/mol. The second-order valence-corrected chi connectivity index (χ2v) is 7.43. The van der Waals surface area contributed by atoms with Gasteiger partial charge in [-0.2, -0.15) is 0 Å². The molecular formula is C20H19Cl2N3O3. The highest BCUT2D eigenvalue weighted by atomic mass is 35.5. The molecule has 0 aromatic heterocycles. The molecule has 0 spiro atoms. The SMILES string of the molecule is C[C@H](NC(=O)C1CC(=O)N(c2ccccc2)C1)C(=O)Nc1ccc(Cl)cc1Cl. The Bertz CT molecular complexity index is 905. The summed E-state index contributed by atoms with van der Waals surface area (Å²) in [7, 11) is 0. The third-order valence-corrected chi connectivity index (χ3v) is 5.05. The Hall–Kier alpha value is -2.57. The summed E-state index contributed by atoms with van der Waals surface area (Å²) in [5.74, 6) is -1.38. The van der Waals surface area contributed by atoms with Crippen LogP contribution < -0.4 is 15.5 Å². The van der Waals surface area contributed by atoms with Crippen LogP contribution in [0.5, 0.6) is 0 Å². The summed E-state index contributed by atoms with van der Waals surface area (Å²) in [5, 5.41) is 6.08. The number of halogens is 2. The lowest BCUT2D eigenvalue weighted by molar-refractivity contribution is -0.129.